The third kappa shape index (κ3) is 5.58. The van der Waals surface area contributed by atoms with Crippen molar-refractivity contribution in [3.8, 4) is 5.75 Å². The van der Waals surface area contributed by atoms with E-state index in [0.717, 1.165) is 12.5 Å². The van der Waals surface area contributed by atoms with Gasteiger partial charge in [-0.3, -0.25) is 4.99 Å². The fraction of sp³-hybridized carbons (Fsp3) is 0.409. The SMILES string of the molecule is CCCC(N=C(SC)c1ccc(OC)c2c1C=CC(C(F)(F)F)=C=C2)C(=O)OCC. The van der Waals surface area contributed by atoms with Gasteiger partial charge in [-0.15, -0.1) is 17.5 Å². The Kier molecular flexibility index (Phi) is 8.38. The summed E-state index contributed by atoms with van der Waals surface area (Å²) in [5, 5.41) is 0.536. The molecule has 1 aliphatic carbocycles. The van der Waals surface area contributed by atoms with Crippen LogP contribution in [0.4, 0.5) is 13.2 Å². The van der Waals surface area contributed by atoms with Crippen LogP contribution in [-0.2, 0) is 9.53 Å². The van der Waals surface area contributed by atoms with Crippen LogP contribution in [0.2, 0.25) is 0 Å². The van der Waals surface area contributed by atoms with E-state index in [2.05, 4.69) is 10.7 Å². The number of allylic oxidation sites excluding steroid dienone is 2. The van der Waals surface area contributed by atoms with Gasteiger partial charge in [-0.05, 0) is 49.4 Å². The van der Waals surface area contributed by atoms with E-state index in [0.29, 0.717) is 33.9 Å². The Hall–Kier alpha value is -2.44. The molecule has 30 heavy (non-hydrogen) atoms. The standard InChI is InChI=1S/C22H24F3NO3S/c1-5-7-18(21(27)29-6-2)26-20(30-4)17-12-13-19(28-3)16-11-9-14(22(23,24)25)8-10-15(16)17/h8,10-13,18H,5-7H2,1-4H3. The highest BCUT2D eigenvalue weighted by Crippen LogP contribution is 2.35. The Morgan fingerprint density at radius 2 is 1.97 bits per heavy atom. The topological polar surface area (TPSA) is 47.9 Å². The summed E-state index contributed by atoms with van der Waals surface area (Å²) >= 11 is 1.32. The van der Waals surface area contributed by atoms with Crippen LogP contribution in [0.3, 0.4) is 0 Å². The fourth-order valence-corrected chi connectivity index (χ4v) is 3.60. The van der Waals surface area contributed by atoms with E-state index in [1.807, 2.05) is 6.92 Å². The zero-order chi connectivity index (χ0) is 22.3. The third-order valence-corrected chi connectivity index (χ3v) is 5.09. The van der Waals surface area contributed by atoms with Crippen molar-refractivity contribution in [2.75, 3.05) is 20.0 Å². The van der Waals surface area contributed by atoms with Crippen molar-refractivity contribution in [1.29, 1.82) is 0 Å². The molecule has 0 spiro atoms. The highest BCUT2D eigenvalue weighted by Gasteiger charge is 2.32. The van der Waals surface area contributed by atoms with Crippen molar-refractivity contribution in [3.63, 3.8) is 0 Å². The summed E-state index contributed by atoms with van der Waals surface area (Å²) in [6.45, 7) is 3.92. The maximum absolute atomic E-state index is 13.2. The Labute approximate surface area is 178 Å². The highest BCUT2D eigenvalue weighted by molar-refractivity contribution is 8.13. The van der Waals surface area contributed by atoms with Gasteiger partial charge in [-0.2, -0.15) is 13.2 Å². The van der Waals surface area contributed by atoms with E-state index in [9.17, 15) is 18.0 Å². The molecule has 0 radical (unpaired) electrons. The van der Waals surface area contributed by atoms with Gasteiger partial charge in [0.25, 0.3) is 0 Å². The summed E-state index contributed by atoms with van der Waals surface area (Å²) in [6.07, 6.45) is 2.17. The molecule has 0 aromatic heterocycles. The van der Waals surface area contributed by atoms with Gasteiger partial charge in [0.05, 0.1) is 24.3 Å². The molecule has 2 rings (SSSR count). The summed E-state index contributed by atoms with van der Waals surface area (Å²) in [4.78, 5) is 16.9. The number of thioether (sulfide) groups is 1. The van der Waals surface area contributed by atoms with Crippen LogP contribution in [0, 0.1) is 0 Å². The molecule has 8 heteroatoms. The lowest BCUT2D eigenvalue weighted by atomic mass is 10.00. The smallest absolute Gasteiger partial charge is 0.423 e. The largest absolute Gasteiger partial charge is 0.496 e. The van der Waals surface area contributed by atoms with Crippen LogP contribution in [0.1, 0.15) is 43.4 Å². The molecule has 0 N–H and O–H groups in total. The molecule has 0 fully saturated rings. The van der Waals surface area contributed by atoms with Gasteiger partial charge in [-0.25, -0.2) is 4.79 Å². The average molecular weight is 439 g/mol. The predicted molar refractivity (Wildman–Crippen MR) is 115 cm³/mol. The zero-order valence-electron chi connectivity index (χ0n) is 17.3. The first-order chi connectivity index (χ1) is 14.3. The number of hydrogen-bond donors (Lipinski definition) is 0. The Morgan fingerprint density at radius 1 is 1.23 bits per heavy atom. The van der Waals surface area contributed by atoms with Crippen molar-refractivity contribution in [2.45, 2.75) is 38.9 Å². The highest BCUT2D eigenvalue weighted by atomic mass is 32.2. The molecule has 0 heterocycles. The van der Waals surface area contributed by atoms with Crippen molar-refractivity contribution >= 4 is 34.9 Å². The van der Waals surface area contributed by atoms with Crippen LogP contribution < -0.4 is 4.74 Å². The van der Waals surface area contributed by atoms with E-state index in [4.69, 9.17) is 9.47 Å². The van der Waals surface area contributed by atoms with Crippen LogP contribution in [-0.4, -0.2) is 43.2 Å². The molecule has 0 amide bonds. The predicted octanol–water partition coefficient (Wildman–Crippen LogP) is 5.66. The average Bonchev–Trinajstić information content (AvgIpc) is 2.94. The molecule has 1 aromatic rings. The molecule has 0 saturated carbocycles. The van der Waals surface area contributed by atoms with Gasteiger partial charge in [0.1, 0.15) is 11.8 Å². The number of rotatable bonds is 7. The van der Waals surface area contributed by atoms with Crippen molar-refractivity contribution in [1.82, 2.24) is 0 Å². The summed E-state index contributed by atoms with van der Waals surface area (Å²) < 4.78 is 50.0. The van der Waals surface area contributed by atoms with Gasteiger partial charge < -0.3 is 9.47 Å². The molecule has 0 saturated heterocycles. The van der Waals surface area contributed by atoms with Crippen LogP contribution >= 0.6 is 11.8 Å². The number of methoxy groups -OCH3 is 1. The Bertz CT molecular complexity index is 913. The maximum Gasteiger partial charge on any atom is 0.423 e. The number of ether oxygens (including phenoxy) is 2. The number of esters is 1. The van der Waals surface area contributed by atoms with Gasteiger partial charge in [0.15, 0.2) is 0 Å². The summed E-state index contributed by atoms with van der Waals surface area (Å²) in [5.41, 5.74) is 3.03. The second kappa shape index (κ2) is 10.5. The lowest BCUT2D eigenvalue weighted by Crippen LogP contribution is -2.23. The molecule has 0 bridgehead atoms. The van der Waals surface area contributed by atoms with E-state index in [1.165, 1.54) is 31.0 Å². The van der Waals surface area contributed by atoms with E-state index < -0.39 is 23.8 Å². The third-order valence-electron chi connectivity index (χ3n) is 4.38. The second-order valence-corrected chi connectivity index (χ2v) is 7.17. The number of aliphatic imine (C=N–C) groups is 1. The van der Waals surface area contributed by atoms with Gasteiger partial charge in [0, 0.05) is 11.1 Å². The lowest BCUT2D eigenvalue weighted by Gasteiger charge is -2.16. The maximum atomic E-state index is 13.2. The second-order valence-electron chi connectivity index (χ2n) is 6.37. The fourth-order valence-electron chi connectivity index (χ4n) is 2.97. The minimum Gasteiger partial charge on any atom is -0.496 e. The molecule has 4 nitrogen and oxygen atoms in total. The molecule has 1 aliphatic rings. The normalized spacial score (nSPS) is 14.6. The molecule has 1 unspecified atom stereocenters. The number of halogens is 3. The van der Waals surface area contributed by atoms with Crippen molar-refractivity contribution in [2.24, 2.45) is 4.99 Å². The van der Waals surface area contributed by atoms with Gasteiger partial charge >= 0.3 is 12.1 Å². The number of benzene rings is 1. The Balaban J connectivity index is 2.62. The molecule has 1 aromatic carbocycles. The monoisotopic (exact) mass is 439 g/mol. The van der Waals surface area contributed by atoms with Crippen molar-refractivity contribution < 1.29 is 27.4 Å². The van der Waals surface area contributed by atoms with E-state index in [1.54, 1.807) is 25.3 Å². The van der Waals surface area contributed by atoms with Gasteiger partial charge in [-0.1, -0.05) is 19.4 Å². The summed E-state index contributed by atoms with van der Waals surface area (Å²) in [7, 11) is 1.45. The molecule has 0 aliphatic heterocycles. The van der Waals surface area contributed by atoms with Crippen LogP contribution in [0.15, 0.2) is 34.5 Å². The quantitative estimate of drug-likeness (QED) is 0.238. The summed E-state index contributed by atoms with van der Waals surface area (Å²) in [6, 6.07) is 2.73. The van der Waals surface area contributed by atoms with Crippen LogP contribution in [0.5, 0.6) is 5.75 Å². The lowest BCUT2D eigenvalue weighted by molar-refractivity contribution is -0.144. The minimum absolute atomic E-state index is 0.251. The van der Waals surface area contributed by atoms with Crippen molar-refractivity contribution in [3.05, 3.63) is 46.2 Å². The number of hydrogen-bond acceptors (Lipinski definition) is 5. The number of alkyl halides is 3. The van der Waals surface area contributed by atoms with E-state index in [-0.39, 0.29) is 6.61 Å². The number of carbonyl (C=O) groups is 1. The summed E-state index contributed by atoms with van der Waals surface area (Å²) in [5.74, 6) is 0.00671. The first kappa shape index (κ1) is 23.8. The number of nitrogens with zero attached hydrogens (tertiary/aromatic N) is 1. The van der Waals surface area contributed by atoms with Gasteiger partial charge in [0.2, 0.25) is 0 Å². The molecule has 1 atom stereocenters. The zero-order valence-corrected chi connectivity index (χ0v) is 18.1. The van der Waals surface area contributed by atoms with Crippen LogP contribution in [0.25, 0.3) is 12.2 Å². The molecular weight excluding hydrogens is 415 g/mol. The number of carbonyl (C=O) groups excluding carboxylic acids is 1. The molecule has 162 valence electrons. The number of fused-ring (bicyclic) bond motifs is 1. The molecular formula is C22H24F3NO3S. The first-order valence-electron chi connectivity index (χ1n) is 9.48. The first-order valence-corrected chi connectivity index (χ1v) is 10.7. The minimum atomic E-state index is -4.52. The van der Waals surface area contributed by atoms with E-state index >= 15 is 0 Å². The Morgan fingerprint density at radius 3 is 2.53 bits per heavy atom.